The number of aromatic nitrogens is 2. The summed E-state index contributed by atoms with van der Waals surface area (Å²) in [6, 6.07) is 7.74. The zero-order chi connectivity index (χ0) is 22.6. The lowest BCUT2D eigenvalue weighted by Gasteiger charge is -2.30. The molecule has 1 aromatic heterocycles. The Kier molecular flexibility index (Phi) is 6.73. The molecule has 0 bridgehead atoms. The Balaban J connectivity index is 1.38. The van der Waals surface area contributed by atoms with E-state index >= 15 is 0 Å². The molecule has 3 heterocycles. The topological polar surface area (TPSA) is 96.8 Å². The highest BCUT2D eigenvalue weighted by atomic mass is 16.5. The van der Waals surface area contributed by atoms with Crippen LogP contribution in [-0.2, 0) is 11.2 Å². The Morgan fingerprint density at radius 1 is 1.09 bits per heavy atom. The third-order valence-electron chi connectivity index (χ3n) is 6.91. The van der Waals surface area contributed by atoms with Crippen LogP contribution < -0.4 is 15.0 Å². The maximum atomic E-state index is 13.7. The fourth-order valence-electron chi connectivity index (χ4n) is 4.91. The highest BCUT2D eigenvalue weighted by Crippen LogP contribution is 2.28. The molecule has 1 aromatic carbocycles. The molecule has 2 fully saturated rings. The zero-order valence-corrected chi connectivity index (χ0v) is 18.9. The third-order valence-corrected chi connectivity index (χ3v) is 6.91. The molecule has 0 spiro atoms. The van der Waals surface area contributed by atoms with Crippen LogP contribution in [-0.4, -0.2) is 59.5 Å². The smallest absolute Gasteiger partial charge is 0.259 e. The van der Waals surface area contributed by atoms with Crippen LogP contribution in [0.3, 0.4) is 0 Å². The number of hydrogen-bond donors (Lipinski definition) is 2. The van der Waals surface area contributed by atoms with Gasteiger partial charge in [0.2, 0.25) is 5.95 Å². The minimum absolute atomic E-state index is 0.0540. The number of carbonyl (C=O) groups excluding carboxylic acids is 1. The molecule has 3 aliphatic rings. The number of rotatable bonds is 6. The largest absolute Gasteiger partial charge is 0.493 e. The number of nitrogens with one attached hydrogen (secondary N) is 1. The monoisotopic (exact) mass is 452 g/mol. The van der Waals surface area contributed by atoms with Crippen molar-refractivity contribution in [3.63, 3.8) is 0 Å². The van der Waals surface area contributed by atoms with Gasteiger partial charge >= 0.3 is 0 Å². The van der Waals surface area contributed by atoms with Crippen LogP contribution in [0.15, 0.2) is 30.5 Å². The van der Waals surface area contributed by atoms with Gasteiger partial charge in [-0.3, -0.25) is 9.69 Å². The van der Waals surface area contributed by atoms with Crippen molar-refractivity contribution in [3.05, 3.63) is 41.6 Å². The zero-order valence-electron chi connectivity index (χ0n) is 18.9. The van der Waals surface area contributed by atoms with Crippen LogP contribution in [0.1, 0.15) is 54.4 Å². The summed E-state index contributed by atoms with van der Waals surface area (Å²) in [5.41, 5.74) is 1.73. The fourth-order valence-corrected chi connectivity index (χ4v) is 4.91. The molecule has 1 saturated carbocycles. The van der Waals surface area contributed by atoms with Gasteiger partial charge in [0.1, 0.15) is 11.6 Å². The van der Waals surface area contributed by atoms with Gasteiger partial charge in [0.25, 0.3) is 5.91 Å². The summed E-state index contributed by atoms with van der Waals surface area (Å²) < 4.78 is 11.1. The van der Waals surface area contributed by atoms with Gasteiger partial charge in [-0.2, -0.15) is 4.98 Å². The van der Waals surface area contributed by atoms with Gasteiger partial charge in [-0.15, -0.1) is 0 Å². The summed E-state index contributed by atoms with van der Waals surface area (Å²) in [5, 5.41) is 13.2. The van der Waals surface area contributed by atoms with Crippen LogP contribution >= 0.6 is 0 Å². The number of carbonyl (C=O) groups is 1. The molecule has 1 amide bonds. The van der Waals surface area contributed by atoms with E-state index in [0.29, 0.717) is 36.4 Å². The molecule has 1 aliphatic carbocycles. The number of amides is 1. The average molecular weight is 453 g/mol. The number of fused-ring (bicyclic) bond motifs is 1. The maximum Gasteiger partial charge on any atom is 0.259 e. The van der Waals surface area contributed by atoms with E-state index in [-0.39, 0.29) is 18.1 Å². The molecule has 176 valence electrons. The second-order valence-electron chi connectivity index (χ2n) is 9.28. The number of aliphatic hydroxyl groups is 1. The standard InChI is InChI=1S/C25H32N4O4/c30-21-4-2-20(3-5-21)27-25-26-11-7-23(28-25)29(16-17-8-12-32-13-9-17)24(31)19-1-6-22-18(15-19)10-14-33-22/h1,6-7,11,15,17,20-21,30H,2-5,8-10,12-14,16H2,(H,26,27,28). The quantitative estimate of drug-likeness (QED) is 0.695. The predicted octanol–water partition coefficient (Wildman–Crippen LogP) is 3.20. The molecule has 2 aromatic rings. The molecule has 5 rings (SSSR count). The lowest BCUT2D eigenvalue weighted by molar-refractivity contribution is 0.0668. The summed E-state index contributed by atoms with van der Waals surface area (Å²) in [6.07, 6.45) is 7.54. The first kappa shape index (κ1) is 22.1. The molecule has 0 unspecified atom stereocenters. The van der Waals surface area contributed by atoms with Gasteiger partial charge in [0, 0.05) is 44.0 Å². The van der Waals surface area contributed by atoms with E-state index in [4.69, 9.17) is 14.5 Å². The summed E-state index contributed by atoms with van der Waals surface area (Å²) in [5.74, 6) is 2.32. The normalized spacial score (nSPS) is 22.9. The average Bonchev–Trinajstić information content (AvgIpc) is 3.32. The lowest BCUT2D eigenvalue weighted by Crippen LogP contribution is -2.38. The van der Waals surface area contributed by atoms with Crippen molar-refractivity contribution in [1.29, 1.82) is 0 Å². The van der Waals surface area contributed by atoms with E-state index < -0.39 is 0 Å². The molecular formula is C25H32N4O4. The Morgan fingerprint density at radius 3 is 2.73 bits per heavy atom. The second kappa shape index (κ2) is 10.1. The van der Waals surface area contributed by atoms with E-state index in [1.165, 1.54) is 0 Å². The number of benzene rings is 1. The minimum atomic E-state index is -0.208. The van der Waals surface area contributed by atoms with E-state index in [1.807, 2.05) is 24.3 Å². The predicted molar refractivity (Wildman–Crippen MR) is 125 cm³/mol. The Bertz CT molecular complexity index is 971. The van der Waals surface area contributed by atoms with Crippen LogP contribution in [0.5, 0.6) is 5.75 Å². The van der Waals surface area contributed by atoms with Crippen molar-refractivity contribution in [3.8, 4) is 5.75 Å². The van der Waals surface area contributed by atoms with Crippen molar-refractivity contribution in [2.24, 2.45) is 5.92 Å². The van der Waals surface area contributed by atoms with Crippen LogP contribution in [0.2, 0.25) is 0 Å². The Morgan fingerprint density at radius 2 is 1.91 bits per heavy atom. The number of anilines is 2. The summed E-state index contributed by atoms with van der Waals surface area (Å²) in [4.78, 5) is 24.6. The van der Waals surface area contributed by atoms with Gasteiger partial charge in [0.05, 0.1) is 12.7 Å². The van der Waals surface area contributed by atoms with Gasteiger partial charge in [-0.25, -0.2) is 4.98 Å². The molecule has 2 N–H and O–H groups in total. The van der Waals surface area contributed by atoms with Gasteiger partial charge < -0.3 is 19.9 Å². The molecule has 8 nitrogen and oxygen atoms in total. The lowest BCUT2D eigenvalue weighted by atomic mass is 9.93. The van der Waals surface area contributed by atoms with Crippen molar-refractivity contribution >= 4 is 17.7 Å². The second-order valence-corrected chi connectivity index (χ2v) is 9.28. The first-order chi connectivity index (χ1) is 16.2. The first-order valence-corrected chi connectivity index (χ1v) is 12.1. The van der Waals surface area contributed by atoms with Crippen LogP contribution in [0, 0.1) is 5.92 Å². The van der Waals surface area contributed by atoms with Crippen molar-refractivity contribution < 1.29 is 19.4 Å². The molecule has 33 heavy (non-hydrogen) atoms. The Hall–Kier alpha value is -2.71. The highest BCUT2D eigenvalue weighted by molar-refractivity contribution is 6.05. The molecular weight excluding hydrogens is 420 g/mol. The molecule has 0 atom stereocenters. The van der Waals surface area contributed by atoms with E-state index in [1.54, 1.807) is 11.1 Å². The molecule has 0 radical (unpaired) electrons. The molecule has 8 heteroatoms. The van der Waals surface area contributed by atoms with E-state index in [2.05, 4.69) is 10.3 Å². The highest BCUT2D eigenvalue weighted by Gasteiger charge is 2.27. The van der Waals surface area contributed by atoms with Crippen molar-refractivity contribution in [1.82, 2.24) is 9.97 Å². The van der Waals surface area contributed by atoms with Gasteiger partial charge in [0.15, 0.2) is 0 Å². The number of aliphatic hydroxyl groups excluding tert-OH is 1. The summed E-state index contributed by atoms with van der Waals surface area (Å²) in [7, 11) is 0. The van der Waals surface area contributed by atoms with Gasteiger partial charge in [-0.05, 0) is 74.3 Å². The minimum Gasteiger partial charge on any atom is -0.493 e. The number of ether oxygens (including phenoxy) is 2. The summed E-state index contributed by atoms with van der Waals surface area (Å²) in [6.45, 7) is 2.72. The number of hydrogen-bond acceptors (Lipinski definition) is 7. The summed E-state index contributed by atoms with van der Waals surface area (Å²) >= 11 is 0. The fraction of sp³-hybridized carbons (Fsp3) is 0.560. The van der Waals surface area contributed by atoms with E-state index in [9.17, 15) is 9.90 Å². The van der Waals surface area contributed by atoms with E-state index in [0.717, 1.165) is 69.5 Å². The molecule has 1 saturated heterocycles. The van der Waals surface area contributed by atoms with Crippen LogP contribution in [0.4, 0.5) is 11.8 Å². The number of nitrogens with zero attached hydrogens (tertiary/aromatic N) is 3. The van der Waals surface area contributed by atoms with Crippen LogP contribution in [0.25, 0.3) is 0 Å². The van der Waals surface area contributed by atoms with Crippen molar-refractivity contribution in [2.75, 3.05) is 36.6 Å². The Labute approximate surface area is 194 Å². The SMILES string of the molecule is O=C(c1ccc2c(c1)CCO2)N(CC1CCOCC1)c1ccnc(NC2CCC(O)CC2)n1. The third kappa shape index (κ3) is 5.28. The van der Waals surface area contributed by atoms with Gasteiger partial charge in [-0.1, -0.05) is 0 Å². The molecule has 2 aliphatic heterocycles. The first-order valence-electron chi connectivity index (χ1n) is 12.1. The van der Waals surface area contributed by atoms with Crippen molar-refractivity contribution in [2.45, 2.75) is 57.1 Å². The maximum absolute atomic E-state index is 13.7.